The van der Waals surface area contributed by atoms with E-state index in [9.17, 15) is 4.79 Å². The van der Waals surface area contributed by atoms with Crippen LogP contribution in [0.2, 0.25) is 0 Å². The Morgan fingerprint density at radius 1 is 1.44 bits per heavy atom. The van der Waals surface area contributed by atoms with Crippen molar-refractivity contribution >= 4 is 17.0 Å². The van der Waals surface area contributed by atoms with Gasteiger partial charge in [-0.05, 0) is 19.1 Å². The summed E-state index contributed by atoms with van der Waals surface area (Å²) in [5.41, 5.74) is 0.848. The van der Waals surface area contributed by atoms with Gasteiger partial charge in [0.1, 0.15) is 0 Å². The highest BCUT2D eigenvalue weighted by Crippen LogP contribution is 2.24. The Hall–Kier alpha value is -1.97. The van der Waals surface area contributed by atoms with Crippen LogP contribution in [0.4, 0.5) is 4.79 Å². The summed E-state index contributed by atoms with van der Waals surface area (Å²) in [6, 6.07) is 7.55. The zero-order valence-electron chi connectivity index (χ0n) is 9.36. The first-order chi connectivity index (χ1) is 7.72. The van der Waals surface area contributed by atoms with Gasteiger partial charge in [0.2, 0.25) is 0 Å². The third kappa shape index (κ3) is 1.86. The van der Waals surface area contributed by atoms with Gasteiger partial charge in [-0.2, -0.15) is 0 Å². The van der Waals surface area contributed by atoms with Crippen LogP contribution in [0.3, 0.4) is 0 Å². The minimum atomic E-state index is -0.343. The number of aromatic nitrogens is 1. The van der Waals surface area contributed by atoms with Gasteiger partial charge in [-0.3, -0.25) is 0 Å². The standard InChI is InChI=1S/C12H14N2O2/c1-3-14(2)12(15)16-10-6-4-5-9-7-8-13-11(9)10/h4-8,13H,3H2,1-2H3. The van der Waals surface area contributed by atoms with Crippen LogP contribution in [0.25, 0.3) is 10.9 Å². The largest absolute Gasteiger partial charge is 0.415 e. The van der Waals surface area contributed by atoms with Crippen LogP contribution >= 0.6 is 0 Å². The van der Waals surface area contributed by atoms with Crippen molar-refractivity contribution in [1.29, 1.82) is 0 Å². The van der Waals surface area contributed by atoms with E-state index < -0.39 is 0 Å². The number of carbonyl (C=O) groups is 1. The second kappa shape index (κ2) is 4.26. The zero-order chi connectivity index (χ0) is 11.5. The summed E-state index contributed by atoms with van der Waals surface area (Å²) in [5, 5.41) is 1.03. The molecule has 1 aromatic heterocycles. The molecule has 4 heteroatoms. The van der Waals surface area contributed by atoms with Crippen molar-refractivity contribution < 1.29 is 9.53 Å². The van der Waals surface area contributed by atoms with Crippen LogP contribution in [0.15, 0.2) is 30.5 Å². The van der Waals surface area contributed by atoms with E-state index in [2.05, 4.69) is 4.98 Å². The Labute approximate surface area is 93.8 Å². The molecule has 4 nitrogen and oxygen atoms in total. The fraction of sp³-hybridized carbons (Fsp3) is 0.250. The number of ether oxygens (including phenoxy) is 1. The number of amides is 1. The highest BCUT2D eigenvalue weighted by molar-refractivity contribution is 5.87. The zero-order valence-corrected chi connectivity index (χ0v) is 9.36. The quantitative estimate of drug-likeness (QED) is 0.842. The lowest BCUT2D eigenvalue weighted by Gasteiger charge is -2.14. The molecule has 0 fully saturated rings. The average Bonchev–Trinajstić information content (AvgIpc) is 2.77. The molecule has 0 saturated heterocycles. The minimum Gasteiger partial charge on any atom is -0.408 e. The first-order valence-electron chi connectivity index (χ1n) is 5.21. The van der Waals surface area contributed by atoms with E-state index in [-0.39, 0.29) is 6.09 Å². The number of nitrogens with zero attached hydrogens (tertiary/aromatic N) is 1. The Kier molecular flexibility index (Phi) is 2.81. The van der Waals surface area contributed by atoms with Crippen LogP contribution in [-0.4, -0.2) is 29.6 Å². The number of hydrogen-bond donors (Lipinski definition) is 1. The fourth-order valence-corrected chi connectivity index (χ4v) is 1.44. The number of rotatable bonds is 2. The summed E-state index contributed by atoms with van der Waals surface area (Å²) in [6.45, 7) is 2.52. The molecule has 1 heterocycles. The third-order valence-electron chi connectivity index (χ3n) is 2.53. The van der Waals surface area contributed by atoms with Crippen LogP contribution < -0.4 is 4.74 Å². The predicted octanol–water partition coefficient (Wildman–Crippen LogP) is 2.62. The normalized spacial score (nSPS) is 10.4. The monoisotopic (exact) mass is 218 g/mol. The van der Waals surface area contributed by atoms with E-state index in [1.807, 2.05) is 31.3 Å². The van der Waals surface area contributed by atoms with Gasteiger partial charge in [0.15, 0.2) is 5.75 Å². The molecular formula is C12H14N2O2. The number of nitrogens with one attached hydrogen (secondary N) is 1. The maximum atomic E-state index is 11.6. The van der Waals surface area contributed by atoms with E-state index >= 15 is 0 Å². The molecule has 0 bridgehead atoms. The molecule has 1 amide bonds. The number of fused-ring (bicyclic) bond motifs is 1. The number of H-pyrrole nitrogens is 1. The fourth-order valence-electron chi connectivity index (χ4n) is 1.44. The summed E-state index contributed by atoms with van der Waals surface area (Å²) >= 11 is 0. The molecule has 1 N–H and O–H groups in total. The molecule has 2 rings (SSSR count). The minimum absolute atomic E-state index is 0.343. The van der Waals surface area contributed by atoms with Gasteiger partial charge in [0.05, 0.1) is 5.52 Å². The topological polar surface area (TPSA) is 45.3 Å². The van der Waals surface area contributed by atoms with E-state index in [1.165, 1.54) is 4.90 Å². The van der Waals surface area contributed by atoms with Gasteiger partial charge in [-0.25, -0.2) is 4.79 Å². The molecule has 84 valence electrons. The number of para-hydroxylation sites is 1. The lowest BCUT2D eigenvalue weighted by molar-refractivity contribution is 0.165. The van der Waals surface area contributed by atoms with Gasteiger partial charge in [-0.15, -0.1) is 0 Å². The van der Waals surface area contributed by atoms with Crippen LogP contribution in [-0.2, 0) is 0 Å². The molecule has 16 heavy (non-hydrogen) atoms. The Morgan fingerprint density at radius 3 is 3.00 bits per heavy atom. The number of carbonyl (C=O) groups excluding carboxylic acids is 1. The first kappa shape index (κ1) is 10.5. The van der Waals surface area contributed by atoms with Crippen molar-refractivity contribution in [1.82, 2.24) is 9.88 Å². The maximum Gasteiger partial charge on any atom is 0.415 e. The second-order valence-corrected chi connectivity index (χ2v) is 3.58. The average molecular weight is 218 g/mol. The molecule has 0 radical (unpaired) electrons. The molecule has 0 aliphatic carbocycles. The van der Waals surface area contributed by atoms with Gasteiger partial charge in [0, 0.05) is 25.2 Å². The molecule has 0 unspecified atom stereocenters. The molecule has 2 aromatic rings. The van der Waals surface area contributed by atoms with E-state index in [4.69, 9.17) is 4.74 Å². The van der Waals surface area contributed by atoms with Crippen molar-refractivity contribution in [3.63, 3.8) is 0 Å². The van der Waals surface area contributed by atoms with E-state index in [1.54, 1.807) is 13.1 Å². The van der Waals surface area contributed by atoms with Gasteiger partial charge >= 0.3 is 6.09 Å². The van der Waals surface area contributed by atoms with Crippen molar-refractivity contribution in [3.8, 4) is 5.75 Å². The van der Waals surface area contributed by atoms with Crippen LogP contribution in [0.5, 0.6) is 5.75 Å². The van der Waals surface area contributed by atoms with Crippen molar-refractivity contribution in [2.45, 2.75) is 6.92 Å². The summed E-state index contributed by atoms with van der Waals surface area (Å²) in [4.78, 5) is 16.2. The molecule has 0 aliphatic rings. The molecule has 0 aliphatic heterocycles. The number of aromatic amines is 1. The summed E-state index contributed by atoms with van der Waals surface area (Å²) in [6.07, 6.45) is 1.48. The van der Waals surface area contributed by atoms with E-state index in [0.717, 1.165) is 10.9 Å². The summed E-state index contributed by atoms with van der Waals surface area (Å²) < 4.78 is 5.29. The summed E-state index contributed by atoms with van der Waals surface area (Å²) in [5.74, 6) is 0.563. The maximum absolute atomic E-state index is 11.6. The van der Waals surface area contributed by atoms with Crippen LogP contribution in [0, 0.1) is 0 Å². The molecule has 0 saturated carbocycles. The number of benzene rings is 1. The Balaban J connectivity index is 2.27. The van der Waals surface area contributed by atoms with Gasteiger partial charge in [-0.1, -0.05) is 12.1 Å². The molecule has 1 aromatic carbocycles. The van der Waals surface area contributed by atoms with Gasteiger partial charge < -0.3 is 14.6 Å². The van der Waals surface area contributed by atoms with Crippen molar-refractivity contribution in [2.24, 2.45) is 0 Å². The van der Waals surface area contributed by atoms with Crippen LogP contribution in [0.1, 0.15) is 6.92 Å². The SMILES string of the molecule is CCN(C)C(=O)Oc1cccc2cc[nH]c12. The Bertz CT molecular complexity index is 504. The molecule has 0 atom stereocenters. The highest BCUT2D eigenvalue weighted by atomic mass is 16.6. The highest BCUT2D eigenvalue weighted by Gasteiger charge is 2.11. The first-order valence-corrected chi connectivity index (χ1v) is 5.21. The summed E-state index contributed by atoms with van der Waals surface area (Å²) in [7, 11) is 1.71. The van der Waals surface area contributed by atoms with E-state index in [0.29, 0.717) is 12.3 Å². The van der Waals surface area contributed by atoms with Crippen molar-refractivity contribution in [2.75, 3.05) is 13.6 Å². The molecular weight excluding hydrogens is 204 g/mol. The lowest BCUT2D eigenvalue weighted by atomic mass is 10.2. The van der Waals surface area contributed by atoms with Gasteiger partial charge in [0.25, 0.3) is 0 Å². The number of hydrogen-bond acceptors (Lipinski definition) is 2. The third-order valence-corrected chi connectivity index (χ3v) is 2.53. The predicted molar refractivity (Wildman–Crippen MR) is 62.6 cm³/mol. The lowest BCUT2D eigenvalue weighted by Crippen LogP contribution is -2.29. The molecule has 0 spiro atoms. The second-order valence-electron chi connectivity index (χ2n) is 3.58. The van der Waals surface area contributed by atoms with Crippen molar-refractivity contribution in [3.05, 3.63) is 30.5 Å². The Morgan fingerprint density at radius 2 is 2.25 bits per heavy atom. The smallest absolute Gasteiger partial charge is 0.408 e.